The lowest BCUT2D eigenvalue weighted by Crippen LogP contribution is -2.30. The van der Waals surface area contributed by atoms with E-state index < -0.39 is 0 Å². The van der Waals surface area contributed by atoms with Crippen molar-refractivity contribution in [2.24, 2.45) is 0 Å². The molecule has 5 nitrogen and oxygen atoms in total. The molecule has 0 fully saturated rings. The summed E-state index contributed by atoms with van der Waals surface area (Å²) in [5.74, 6) is -0.306. The summed E-state index contributed by atoms with van der Waals surface area (Å²) in [6.45, 7) is 6.29. The van der Waals surface area contributed by atoms with Gasteiger partial charge in [0.15, 0.2) is 0 Å². The third kappa shape index (κ3) is 3.19. The molecule has 0 N–H and O–H groups in total. The van der Waals surface area contributed by atoms with Crippen molar-refractivity contribution in [1.82, 2.24) is 19.6 Å². The number of hydrogen-bond donors (Lipinski definition) is 0. The van der Waals surface area contributed by atoms with Gasteiger partial charge in [0.1, 0.15) is 17.0 Å². The zero-order valence-corrected chi connectivity index (χ0v) is 16.1. The van der Waals surface area contributed by atoms with Crippen LogP contribution in [0, 0.1) is 5.82 Å². The third-order valence-corrected chi connectivity index (χ3v) is 5.19. The number of nitrogens with zero attached hydrogens (tertiary/aromatic N) is 4. The maximum absolute atomic E-state index is 13.2. The monoisotopic (exact) mass is 382 g/mol. The van der Waals surface area contributed by atoms with Gasteiger partial charge < -0.3 is 0 Å². The van der Waals surface area contributed by atoms with Crippen LogP contribution in [0.4, 0.5) is 4.39 Å². The maximum atomic E-state index is 13.2. The Morgan fingerprint density at radius 1 is 1.15 bits per heavy atom. The Morgan fingerprint density at radius 2 is 1.89 bits per heavy atom. The largest absolute Gasteiger partial charge is 0.293 e. The van der Waals surface area contributed by atoms with Crippen LogP contribution in [-0.4, -0.2) is 19.6 Å². The number of thiophene rings is 1. The molecule has 0 aliphatic carbocycles. The highest BCUT2D eigenvalue weighted by Gasteiger charge is 2.23. The normalized spacial score (nSPS) is 12.0. The summed E-state index contributed by atoms with van der Waals surface area (Å²) in [5, 5.41) is 11.8. The molecule has 3 aromatic heterocycles. The average Bonchev–Trinajstić information content (AvgIpc) is 3.28. The predicted octanol–water partition coefficient (Wildman–Crippen LogP) is 4.26. The van der Waals surface area contributed by atoms with E-state index in [1.165, 1.54) is 16.8 Å². The molecule has 0 unspecified atom stereocenters. The maximum Gasteiger partial charge on any atom is 0.293 e. The molecular weight excluding hydrogens is 363 g/mol. The van der Waals surface area contributed by atoms with E-state index in [0.29, 0.717) is 5.52 Å². The molecule has 0 bridgehead atoms. The molecule has 0 aliphatic rings. The molecule has 0 spiro atoms. The molecule has 4 aromatic rings. The van der Waals surface area contributed by atoms with Crippen molar-refractivity contribution >= 4 is 22.2 Å². The van der Waals surface area contributed by atoms with Crippen molar-refractivity contribution in [2.45, 2.75) is 32.9 Å². The van der Waals surface area contributed by atoms with Crippen molar-refractivity contribution in [1.29, 1.82) is 0 Å². The van der Waals surface area contributed by atoms with Gasteiger partial charge in [-0.3, -0.25) is 9.48 Å². The third-order valence-electron chi connectivity index (χ3n) is 4.32. The van der Waals surface area contributed by atoms with Gasteiger partial charge in [0.2, 0.25) is 0 Å². The quantitative estimate of drug-likeness (QED) is 0.532. The fraction of sp³-hybridized carbons (Fsp3) is 0.250. The Hall–Kier alpha value is -2.80. The highest BCUT2D eigenvalue weighted by Crippen LogP contribution is 2.30. The number of aromatic nitrogens is 4. The van der Waals surface area contributed by atoms with E-state index in [0.717, 1.165) is 21.5 Å². The van der Waals surface area contributed by atoms with E-state index in [1.807, 2.05) is 38.3 Å². The van der Waals surface area contributed by atoms with Gasteiger partial charge >= 0.3 is 0 Å². The van der Waals surface area contributed by atoms with Crippen LogP contribution in [0.25, 0.3) is 21.5 Å². The van der Waals surface area contributed by atoms with Crippen molar-refractivity contribution in [3.63, 3.8) is 0 Å². The van der Waals surface area contributed by atoms with Gasteiger partial charge in [-0.25, -0.2) is 9.07 Å². The van der Waals surface area contributed by atoms with Crippen molar-refractivity contribution in [3.8, 4) is 10.6 Å². The van der Waals surface area contributed by atoms with Gasteiger partial charge in [0.05, 0.1) is 28.5 Å². The van der Waals surface area contributed by atoms with Crippen LogP contribution in [0.1, 0.15) is 26.3 Å². The lowest BCUT2D eigenvalue weighted by atomic mass is 10.1. The number of rotatable bonds is 3. The first-order valence-corrected chi connectivity index (χ1v) is 9.50. The molecule has 0 amide bonds. The van der Waals surface area contributed by atoms with Gasteiger partial charge in [-0.15, -0.1) is 11.3 Å². The first kappa shape index (κ1) is 17.6. The number of hydrogen-bond acceptors (Lipinski definition) is 4. The van der Waals surface area contributed by atoms with Crippen LogP contribution in [0.2, 0.25) is 0 Å². The molecule has 4 rings (SSSR count). The Labute approximate surface area is 159 Å². The van der Waals surface area contributed by atoms with Gasteiger partial charge in [-0.05, 0) is 49.9 Å². The summed E-state index contributed by atoms with van der Waals surface area (Å²) in [6, 6.07) is 10.0. The fourth-order valence-corrected chi connectivity index (χ4v) is 3.77. The summed E-state index contributed by atoms with van der Waals surface area (Å²) in [6.07, 6.45) is 1.71. The zero-order valence-electron chi connectivity index (χ0n) is 15.3. The summed E-state index contributed by atoms with van der Waals surface area (Å²) in [7, 11) is 0. The predicted molar refractivity (Wildman–Crippen MR) is 106 cm³/mol. The first-order valence-electron chi connectivity index (χ1n) is 8.62. The van der Waals surface area contributed by atoms with Gasteiger partial charge in [-0.2, -0.15) is 10.2 Å². The molecule has 138 valence electrons. The van der Waals surface area contributed by atoms with E-state index in [2.05, 4.69) is 10.2 Å². The topological polar surface area (TPSA) is 52.7 Å². The van der Waals surface area contributed by atoms with E-state index >= 15 is 0 Å². The van der Waals surface area contributed by atoms with E-state index in [9.17, 15) is 9.18 Å². The molecule has 0 saturated heterocycles. The number of halogens is 1. The Balaban J connectivity index is 1.97. The molecular formula is C20H19FN4OS. The van der Waals surface area contributed by atoms with Crippen LogP contribution in [0.15, 0.2) is 52.8 Å². The van der Waals surface area contributed by atoms with Crippen LogP contribution in [0.3, 0.4) is 0 Å². The zero-order chi connectivity index (χ0) is 19.2. The highest BCUT2D eigenvalue weighted by molar-refractivity contribution is 7.13. The average molecular weight is 382 g/mol. The first-order chi connectivity index (χ1) is 12.8. The number of benzene rings is 1. The summed E-state index contributed by atoms with van der Waals surface area (Å²) < 4.78 is 16.4. The Kier molecular flexibility index (Phi) is 4.19. The number of fused-ring (bicyclic) bond motifs is 1. The second-order valence-corrected chi connectivity index (χ2v) is 8.35. The Morgan fingerprint density at radius 3 is 2.52 bits per heavy atom. The minimum atomic E-state index is -0.345. The molecule has 27 heavy (non-hydrogen) atoms. The standard InChI is InChI=1S/C20H19FN4OS/c1-20(2,3)25-18-15(11-22-25)17(16-5-4-10-27-16)23-24(19(18)26)12-13-6-8-14(21)9-7-13/h4-11H,12H2,1-3H3. The summed E-state index contributed by atoms with van der Waals surface area (Å²) in [4.78, 5) is 14.2. The lowest BCUT2D eigenvalue weighted by molar-refractivity contribution is 0.366. The molecule has 7 heteroatoms. The smallest absolute Gasteiger partial charge is 0.265 e. The highest BCUT2D eigenvalue weighted by atomic mass is 32.1. The molecule has 1 aromatic carbocycles. The van der Waals surface area contributed by atoms with Crippen LogP contribution >= 0.6 is 11.3 Å². The van der Waals surface area contributed by atoms with Crippen molar-refractivity contribution < 1.29 is 4.39 Å². The van der Waals surface area contributed by atoms with Crippen LogP contribution in [0.5, 0.6) is 0 Å². The minimum Gasteiger partial charge on any atom is -0.265 e. The van der Waals surface area contributed by atoms with E-state index in [1.54, 1.807) is 34.3 Å². The fourth-order valence-electron chi connectivity index (χ4n) is 3.04. The van der Waals surface area contributed by atoms with Gasteiger partial charge in [0, 0.05) is 0 Å². The summed E-state index contributed by atoms with van der Waals surface area (Å²) in [5.41, 5.74) is 1.52. The van der Waals surface area contributed by atoms with E-state index in [-0.39, 0.29) is 23.5 Å². The SMILES string of the molecule is CC(C)(C)n1ncc2c(-c3cccs3)nn(Cc3ccc(F)cc3)c(=O)c21. The van der Waals surface area contributed by atoms with Crippen molar-refractivity contribution in [2.75, 3.05) is 0 Å². The molecule has 0 radical (unpaired) electrons. The van der Waals surface area contributed by atoms with Crippen LogP contribution in [-0.2, 0) is 12.1 Å². The molecule has 0 saturated carbocycles. The minimum absolute atomic E-state index is 0.206. The summed E-state index contributed by atoms with van der Waals surface area (Å²) >= 11 is 1.57. The molecule has 0 aliphatic heterocycles. The van der Waals surface area contributed by atoms with Crippen LogP contribution < -0.4 is 5.56 Å². The molecule has 0 atom stereocenters. The molecule has 3 heterocycles. The Bertz CT molecular complexity index is 1150. The van der Waals surface area contributed by atoms with Gasteiger partial charge in [0.25, 0.3) is 5.56 Å². The van der Waals surface area contributed by atoms with Crippen molar-refractivity contribution in [3.05, 3.63) is 69.7 Å². The lowest BCUT2D eigenvalue weighted by Gasteiger charge is -2.20. The second kappa shape index (κ2) is 6.42. The van der Waals surface area contributed by atoms with E-state index in [4.69, 9.17) is 0 Å². The second-order valence-electron chi connectivity index (χ2n) is 7.40. The van der Waals surface area contributed by atoms with Gasteiger partial charge in [-0.1, -0.05) is 18.2 Å².